The molecule has 0 spiro atoms. The van der Waals surface area contributed by atoms with E-state index in [1.807, 2.05) is 18.2 Å². The number of aliphatic imine (C=N–C) groups is 2. The minimum absolute atomic E-state index is 0.0156. The molecule has 18 N–H and O–H groups in total. The topological polar surface area (TPSA) is 425 Å². The van der Waals surface area contributed by atoms with E-state index in [1.54, 1.807) is 12.3 Å². The third kappa shape index (κ3) is 19.9. The van der Waals surface area contributed by atoms with Crippen molar-refractivity contribution in [1.29, 1.82) is 0 Å². The monoisotopic (exact) mass is 1100 g/mol. The molecule has 5 rings (SSSR count). The molecule has 0 radical (unpaired) electrons. The Hall–Kier alpha value is -8.78. The number of halogens is 2. The Bertz CT molecular complexity index is 2850. The van der Waals surface area contributed by atoms with Crippen LogP contribution in [0.4, 0.5) is 8.78 Å². The Morgan fingerprint density at radius 3 is 2.16 bits per heavy atom. The fourth-order valence-corrected chi connectivity index (χ4v) is 9.09. The Morgan fingerprint density at radius 1 is 0.772 bits per heavy atom. The first-order valence-electron chi connectivity index (χ1n) is 25.8. The maximum atomic E-state index is 14.8. The van der Waals surface area contributed by atoms with Gasteiger partial charge in [-0.15, -0.1) is 0 Å². The van der Waals surface area contributed by atoms with Crippen molar-refractivity contribution in [3.8, 4) is 0 Å². The van der Waals surface area contributed by atoms with Crippen LogP contribution in [0, 0.1) is 23.5 Å². The van der Waals surface area contributed by atoms with Crippen LogP contribution in [0.5, 0.6) is 0 Å². The number of ketones is 2. The van der Waals surface area contributed by atoms with E-state index in [0.717, 1.165) is 23.0 Å². The number of nitrogens with one attached hydrogen (secondary N) is 8. The quantitative estimate of drug-likeness (QED) is 0.0326. The number of benzene rings is 2. The Morgan fingerprint density at radius 2 is 1.48 bits per heavy atom. The number of fused-ring (bicyclic) bond motifs is 1. The van der Waals surface area contributed by atoms with E-state index in [2.05, 4.69) is 56.8 Å². The van der Waals surface area contributed by atoms with Gasteiger partial charge in [-0.1, -0.05) is 24.3 Å². The van der Waals surface area contributed by atoms with Gasteiger partial charge >= 0.3 is 0 Å². The summed E-state index contributed by atoms with van der Waals surface area (Å²) < 4.78 is 29.0. The number of para-hydroxylation sites is 1. The average Bonchev–Trinajstić information content (AvgIpc) is 4.15. The first kappa shape index (κ1) is 61.1. The molecule has 79 heavy (non-hydrogen) atoms. The second-order valence-electron chi connectivity index (χ2n) is 19.4. The van der Waals surface area contributed by atoms with Crippen LogP contribution in [0.15, 0.2) is 71.2 Å². The van der Waals surface area contributed by atoms with Gasteiger partial charge in [0.2, 0.25) is 41.4 Å². The van der Waals surface area contributed by atoms with Gasteiger partial charge in [-0.05, 0) is 87.1 Å². The highest BCUT2D eigenvalue weighted by Crippen LogP contribution is 2.26. The number of imidazole rings is 1. The third-order valence-corrected chi connectivity index (χ3v) is 13.2. The number of hydrogen-bond acceptors (Lipinski definition) is 12. The van der Waals surface area contributed by atoms with Crippen LogP contribution in [-0.2, 0) is 62.4 Å². The number of primary amides is 1. The van der Waals surface area contributed by atoms with Crippen molar-refractivity contribution in [2.24, 2.45) is 50.5 Å². The molecule has 0 unspecified atom stereocenters. The zero-order chi connectivity index (χ0) is 57.6. The molecule has 0 saturated carbocycles. The zero-order valence-corrected chi connectivity index (χ0v) is 43.8. The summed E-state index contributed by atoms with van der Waals surface area (Å²) in [5.74, 6) is -12.0. The fraction of sp³-hybridized carbons (Fsp3) is 0.462. The van der Waals surface area contributed by atoms with Gasteiger partial charge in [-0.3, -0.25) is 53.1 Å². The normalized spacial score (nSPS) is 20.8. The number of carbonyl (C=O) groups excluding carboxylic acids is 9. The molecule has 4 aromatic rings. The molecule has 3 heterocycles. The smallest absolute Gasteiger partial charge is 0.243 e. The second-order valence-corrected chi connectivity index (χ2v) is 19.4. The number of H-pyrrole nitrogens is 2. The number of aromatic amines is 2. The van der Waals surface area contributed by atoms with Crippen molar-refractivity contribution >= 4 is 75.7 Å². The molecule has 1 saturated heterocycles. The molecule has 1 aliphatic rings. The molecule has 1 fully saturated rings. The zero-order valence-electron chi connectivity index (χ0n) is 43.8. The predicted molar refractivity (Wildman–Crippen MR) is 286 cm³/mol. The molecule has 2 aromatic heterocycles. The van der Waals surface area contributed by atoms with E-state index in [1.165, 1.54) is 25.5 Å². The molecule has 7 atom stereocenters. The highest BCUT2D eigenvalue weighted by Gasteiger charge is 2.35. The summed E-state index contributed by atoms with van der Waals surface area (Å²) in [5, 5.41) is 16.6. The molecule has 0 aliphatic carbocycles. The minimum atomic E-state index is -1.56. The number of carbonyl (C=O) groups is 9. The summed E-state index contributed by atoms with van der Waals surface area (Å²) in [6.07, 6.45) is 2.33. The van der Waals surface area contributed by atoms with Crippen molar-refractivity contribution in [2.45, 2.75) is 121 Å². The van der Waals surface area contributed by atoms with Crippen molar-refractivity contribution < 1.29 is 51.9 Å². The number of Topliss-reactive ketones (excluding diaryl/α,β-unsaturated/α-hetero) is 2. The third-order valence-electron chi connectivity index (χ3n) is 13.2. The lowest BCUT2D eigenvalue weighted by atomic mass is 9.83. The SMILES string of the molecule is CC(=O)N[C@H](CCCN=C(N)N)C(=O)N[C@H]1CCCNC(=O)CC[C@@H](C(N)=O)NC(=O)[C@H](Cc2c[nH]c3ccccc23)CC(=O)[C@H](CCCN=C(N)N)CC(=O)[C@@H](Cc2ccc(F)c(F)c2)NC(=O)[C@H](Cc2cnc[nH]2)NC1=O. The van der Waals surface area contributed by atoms with Crippen LogP contribution in [0.3, 0.4) is 0 Å². The Labute approximate surface area is 453 Å². The van der Waals surface area contributed by atoms with E-state index in [-0.39, 0.29) is 101 Å². The van der Waals surface area contributed by atoms with E-state index in [4.69, 9.17) is 28.7 Å². The number of nitrogens with zero attached hydrogens (tertiary/aromatic N) is 3. The first-order valence-corrected chi connectivity index (χ1v) is 25.8. The van der Waals surface area contributed by atoms with Gasteiger partial charge in [0.1, 0.15) is 30.0 Å². The van der Waals surface area contributed by atoms with Gasteiger partial charge in [0.15, 0.2) is 29.3 Å². The average molecular weight is 1100 g/mol. The maximum Gasteiger partial charge on any atom is 0.243 e. The van der Waals surface area contributed by atoms with E-state index >= 15 is 0 Å². The largest absolute Gasteiger partial charge is 0.370 e. The lowest BCUT2D eigenvalue weighted by Crippen LogP contribution is -2.58. The van der Waals surface area contributed by atoms with Crippen molar-refractivity contribution in [3.63, 3.8) is 0 Å². The number of nitrogens with two attached hydrogens (primary N) is 5. The van der Waals surface area contributed by atoms with E-state index in [0.29, 0.717) is 11.3 Å². The summed E-state index contributed by atoms with van der Waals surface area (Å²) in [5.41, 5.74) is 29.6. The van der Waals surface area contributed by atoms with Crippen LogP contribution in [0.25, 0.3) is 10.9 Å². The number of aromatic nitrogens is 3. The van der Waals surface area contributed by atoms with Crippen LogP contribution in [0.1, 0.15) is 88.0 Å². The minimum Gasteiger partial charge on any atom is -0.370 e. The summed E-state index contributed by atoms with van der Waals surface area (Å²) in [6, 6.07) is 3.05. The molecule has 7 amide bonds. The van der Waals surface area contributed by atoms with Crippen molar-refractivity contribution in [1.82, 2.24) is 46.9 Å². The molecule has 27 heteroatoms. The van der Waals surface area contributed by atoms with E-state index in [9.17, 15) is 51.9 Å². The van der Waals surface area contributed by atoms with Gasteiger partial charge < -0.3 is 70.5 Å². The van der Waals surface area contributed by atoms with Crippen LogP contribution in [0.2, 0.25) is 0 Å². The van der Waals surface area contributed by atoms with Gasteiger partial charge in [0.05, 0.1) is 12.4 Å². The molecule has 426 valence electrons. The summed E-state index contributed by atoms with van der Waals surface area (Å²) in [6.45, 7) is 1.25. The number of hydrogen-bond donors (Lipinski definition) is 13. The highest BCUT2D eigenvalue weighted by molar-refractivity contribution is 5.98. The van der Waals surface area contributed by atoms with Crippen molar-refractivity contribution in [3.05, 3.63) is 89.6 Å². The second kappa shape index (κ2) is 30.2. The summed E-state index contributed by atoms with van der Waals surface area (Å²) in [4.78, 5) is 143. The Kier molecular flexibility index (Phi) is 23.4. The van der Waals surface area contributed by atoms with Gasteiger partial charge in [-0.25, -0.2) is 13.8 Å². The summed E-state index contributed by atoms with van der Waals surface area (Å²) >= 11 is 0. The maximum absolute atomic E-state index is 14.8. The summed E-state index contributed by atoms with van der Waals surface area (Å²) in [7, 11) is 0. The van der Waals surface area contributed by atoms with Crippen molar-refractivity contribution in [2.75, 3.05) is 19.6 Å². The number of guanidine groups is 2. The van der Waals surface area contributed by atoms with Crippen LogP contribution in [-0.4, -0.2) is 130 Å². The number of amides is 7. The number of rotatable bonds is 18. The molecule has 2 aromatic carbocycles. The van der Waals surface area contributed by atoms with Gasteiger partial charge in [-0.2, -0.15) is 0 Å². The van der Waals surface area contributed by atoms with Gasteiger partial charge in [0.25, 0.3) is 0 Å². The Balaban J connectivity index is 1.57. The fourth-order valence-electron chi connectivity index (χ4n) is 9.09. The van der Waals surface area contributed by atoms with Crippen LogP contribution < -0.4 is 60.6 Å². The lowest BCUT2D eigenvalue weighted by molar-refractivity contribution is -0.135. The molecule has 0 bridgehead atoms. The van der Waals surface area contributed by atoms with E-state index < -0.39 is 126 Å². The van der Waals surface area contributed by atoms with Crippen LogP contribution >= 0.6 is 0 Å². The molecular formula is C52H70F2N16O9. The predicted octanol–water partition coefficient (Wildman–Crippen LogP) is -0.926. The molecule has 25 nitrogen and oxygen atoms in total. The standard InChI is InChI=1S/C52H70F2N16O9/c1-28(71)66-39(10-6-18-63-52(58)59)48(77)68-40-11-5-16-61-45(74)15-14-38(46(55)75)67-47(76)31(21-32-25-64-37-9-3-2-8-34(32)37)23-43(72)30(7-4-17-62-51(56)57)22-44(73)41(20-29-12-13-35(53)36(54)19-29)69-50(79)42(70-49(40)78)24-33-26-60-27-65-33/h2-3,8-9,12-13,19,25-27,30-31,38-42,64H,4-7,10-11,14-18,20-24H2,1H3,(H2,55,75)(H,60,65)(H,61,74)(H,66,71)(H,67,76)(H,68,77)(H,69,79)(H,70,78)(H4,56,57,62)(H4,58,59,63)/t30-,31-,38+,39-,40+,41-,42+/m1/s1. The highest BCUT2D eigenvalue weighted by atomic mass is 19.2. The first-order chi connectivity index (χ1) is 37.7. The van der Waals surface area contributed by atoms with Gasteiger partial charge in [0, 0.05) is 93.1 Å². The molecular weight excluding hydrogens is 1030 g/mol. The lowest BCUT2D eigenvalue weighted by Gasteiger charge is -2.27. The molecule has 1 aliphatic heterocycles.